The smallest absolute Gasteiger partial charge is 0.0280 e. The van der Waals surface area contributed by atoms with Crippen LogP contribution in [0.1, 0.15) is 18.2 Å². The standard InChI is InChI=1S/C4H9N.ClH/c1-2-4-5-3-1;/h5H,1-4H2;1H/i1D2,2D2;. The van der Waals surface area contributed by atoms with Crippen LogP contribution in [-0.4, -0.2) is 13.1 Å². The molecule has 1 aliphatic rings. The maximum atomic E-state index is 7.12. The van der Waals surface area contributed by atoms with E-state index < -0.39 is 12.7 Å². The highest BCUT2D eigenvalue weighted by molar-refractivity contribution is 5.85. The van der Waals surface area contributed by atoms with E-state index in [4.69, 9.17) is 5.48 Å². The minimum atomic E-state index is -1.69. The van der Waals surface area contributed by atoms with E-state index in [0.29, 0.717) is 0 Å². The summed E-state index contributed by atoms with van der Waals surface area (Å²) in [6.45, 7) is 0.250. The topological polar surface area (TPSA) is 12.0 Å². The van der Waals surface area contributed by atoms with Gasteiger partial charge in [0.25, 0.3) is 0 Å². The molecule has 0 bridgehead atoms. The number of halogens is 1. The SMILES string of the molecule is Cl.[2H]C1([2H])CNCC1([2H])[2H]. The first-order valence-corrected chi connectivity index (χ1v) is 1.66. The Morgan fingerprint density at radius 1 is 1.33 bits per heavy atom. The zero-order valence-electron chi connectivity index (χ0n) is 7.32. The van der Waals surface area contributed by atoms with Crippen molar-refractivity contribution in [1.82, 2.24) is 5.32 Å². The Kier molecular flexibility index (Phi) is 1.15. The third kappa shape index (κ3) is 1.63. The fourth-order valence-electron chi connectivity index (χ4n) is 0.312. The van der Waals surface area contributed by atoms with E-state index in [9.17, 15) is 0 Å². The highest BCUT2D eigenvalue weighted by atomic mass is 35.5. The number of hydrogen-bond donors (Lipinski definition) is 1. The summed E-state index contributed by atoms with van der Waals surface area (Å²) in [5.41, 5.74) is 0. The van der Waals surface area contributed by atoms with Crippen molar-refractivity contribution in [3.8, 4) is 0 Å². The first-order chi connectivity index (χ1) is 3.96. The molecule has 0 radical (unpaired) electrons. The van der Waals surface area contributed by atoms with E-state index in [1.807, 2.05) is 0 Å². The van der Waals surface area contributed by atoms with Crippen molar-refractivity contribution >= 4 is 12.4 Å². The van der Waals surface area contributed by atoms with Gasteiger partial charge in [-0.2, -0.15) is 0 Å². The van der Waals surface area contributed by atoms with Crippen molar-refractivity contribution in [3.63, 3.8) is 0 Å². The second-order valence-corrected chi connectivity index (χ2v) is 0.957. The molecule has 1 N–H and O–H groups in total. The van der Waals surface area contributed by atoms with Crippen LogP contribution in [0.2, 0.25) is 0 Å². The van der Waals surface area contributed by atoms with Gasteiger partial charge in [0.2, 0.25) is 0 Å². The number of nitrogens with one attached hydrogen (secondary N) is 1. The third-order valence-corrected chi connectivity index (χ3v) is 0.552. The Morgan fingerprint density at radius 3 is 2.00 bits per heavy atom. The van der Waals surface area contributed by atoms with Gasteiger partial charge in [-0.15, -0.1) is 12.4 Å². The molecule has 0 amide bonds. The minimum Gasteiger partial charge on any atom is -0.317 e. The average molecular weight is 112 g/mol. The summed E-state index contributed by atoms with van der Waals surface area (Å²) in [7, 11) is 0. The van der Waals surface area contributed by atoms with E-state index in [-0.39, 0.29) is 25.5 Å². The van der Waals surface area contributed by atoms with Gasteiger partial charge in [-0.05, 0) is 25.8 Å². The zero-order chi connectivity index (χ0) is 7.12. The summed E-state index contributed by atoms with van der Waals surface area (Å²) in [6, 6.07) is 0. The van der Waals surface area contributed by atoms with E-state index in [1.165, 1.54) is 0 Å². The average Bonchev–Trinajstić information content (AvgIpc) is 1.81. The number of rotatable bonds is 0. The van der Waals surface area contributed by atoms with Crippen molar-refractivity contribution in [3.05, 3.63) is 0 Å². The lowest BCUT2D eigenvalue weighted by Gasteiger charge is -1.76. The molecule has 0 aromatic rings. The third-order valence-electron chi connectivity index (χ3n) is 0.552. The van der Waals surface area contributed by atoms with Crippen molar-refractivity contribution < 1.29 is 5.48 Å². The van der Waals surface area contributed by atoms with Crippen LogP contribution < -0.4 is 5.32 Å². The molecule has 0 aliphatic carbocycles. The molecule has 1 rings (SSSR count). The molecule has 0 atom stereocenters. The first kappa shape index (κ1) is 2.01. The minimum absolute atomic E-state index is 0. The Morgan fingerprint density at radius 2 is 1.83 bits per heavy atom. The molecule has 1 aliphatic heterocycles. The molecule has 1 saturated heterocycles. The summed E-state index contributed by atoms with van der Waals surface area (Å²) >= 11 is 0. The van der Waals surface area contributed by atoms with Crippen LogP contribution in [-0.2, 0) is 0 Å². The second kappa shape index (κ2) is 3.44. The maximum Gasteiger partial charge on any atom is 0.0280 e. The summed E-state index contributed by atoms with van der Waals surface area (Å²) in [5.74, 6) is 0. The first-order valence-electron chi connectivity index (χ1n) is 3.66. The van der Waals surface area contributed by atoms with Crippen molar-refractivity contribution in [2.24, 2.45) is 0 Å². The lowest BCUT2D eigenvalue weighted by molar-refractivity contribution is 0.857. The summed E-state index contributed by atoms with van der Waals surface area (Å²) in [5, 5.41) is 2.65. The van der Waals surface area contributed by atoms with Crippen LogP contribution in [0.25, 0.3) is 0 Å². The largest absolute Gasteiger partial charge is 0.317 e. The van der Waals surface area contributed by atoms with Gasteiger partial charge in [-0.1, -0.05) is 0 Å². The molecule has 0 unspecified atom stereocenters. The summed E-state index contributed by atoms with van der Waals surface area (Å²) in [4.78, 5) is 0. The Labute approximate surface area is 50.2 Å². The van der Waals surface area contributed by atoms with Gasteiger partial charge < -0.3 is 5.32 Å². The van der Waals surface area contributed by atoms with Crippen molar-refractivity contribution in [1.29, 1.82) is 0 Å². The molecule has 0 aromatic carbocycles. The fraction of sp³-hybridized carbons (Fsp3) is 1.00. The number of hydrogen-bond acceptors (Lipinski definition) is 1. The van der Waals surface area contributed by atoms with E-state index in [2.05, 4.69) is 5.32 Å². The van der Waals surface area contributed by atoms with Gasteiger partial charge in [-0.3, -0.25) is 0 Å². The van der Waals surface area contributed by atoms with E-state index >= 15 is 0 Å². The van der Waals surface area contributed by atoms with Gasteiger partial charge in [0.05, 0.1) is 0 Å². The molecule has 0 spiro atoms. The summed E-state index contributed by atoms with van der Waals surface area (Å²) < 4.78 is 28.5. The second-order valence-electron chi connectivity index (χ2n) is 0.957. The van der Waals surface area contributed by atoms with Gasteiger partial charge in [0.15, 0.2) is 0 Å². The van der Waals surface area contributed by atoms with E-state index in [0.717, 1.165) is 0 Å². The van der Waals surface area contributed by atoms with Crippen LogP contribution in [0.3, 0.4) is 0 Å². The molecule has 38 valence electrons. The van der Waals surface area contributed by atoms with Gasteiger partial charge >= 0.3 is 0 Å². The van der Waals surface area contributed by atoms with Crippen LogP contribution >= 0.6 is 12.4 Å². The molecule has 1 nitrogen and oxygen atoms in total. The van der Waals surface area contributed by atoms with Crippen LogP contribution in [0.15, 0.2) is 0 Å². The predicted molar refractivity (Wildman–Crippen MR) is 29.4 cm³/mol. The quantitative estimate of drug-likeness (QED) is 0.488. The van der Waals surface area contributed by atoms with E-state index in [1.54, 1.807) is 0 Å². The van der Waals surface area contributed by atoms with Gasteiger partial charge in [0, 0.05) is 5.48 Å². The fourth-order valence-corrected chi connectivity index (χ4v) is 0.312. The molecule has 1 heterocycles. The Bertz CT molecular complexity index is 112. The Hall–Kier alpha value is 0.250. The van der Waals surface area contributed by atoms with Crippen LogP contribution in [0.5, 0.6) is 0 Å². The van der Waals surface area contributed by atoms with Gasteiger partial charge in [0.1, 0.15) is 0 Å². The molecule has 0 saturated carbocycles. The lowest BCUT2D eigenvalue weighted by atomic mass is 10.4. The lowest BCUT2D eigenvalue weighted by Crippen LogP contribution is -2.03. The maximum absolute atomic E-state index is 7.12. The van der Waals surface area contributed by atoms with Gasteiger partial charge in [-0.25, -0.2) is 0 Å². The Balaban J connectivity index is 0.000000810. The van der Waals surface area contributed by atoms with Crippen LogP contribution in [0.4, 0.5) is 0 Å². The highest BCUT2D eigenvalue weighted by Gasteiger charge is 1.93. The monoisotopic (exact) mass is 111 g/mol. The van der Waals surface area contributed by atoms with Crippen molar-refractivity contribution in [2.45, 2.75) is 12.7 Å². The molecule has 1 fully saturated rings. The molecular formula is C4H10ClN. The predicted octanol–water partition coefficient (Wildman–Crippen LogP) is 0.792. The zero-order valence-corrected chi connectivity index (χ0v) is 4.14. The highest BCUT2D eigenvalue weighted by Crippen LogP contribution is 1.90. The van der Waals surface area contributed by atoms with Crippen molar-refractivity contribution in [2.75, 3.05) is 13.1 Å². The molecule has 2 heteroatoms. The molecular weight excluding hydrogens is 97.5 g/mol. The molecule has 6 heavy (non-hydrogen) atoms. The normalized spacial score (nSPS) is 46.7. The summed E-state index contributed by atoms with van der Waals surface area (Å²) in [6.07, 6.45) is -3.37. The van der Waals surface area contributed by atoms with Crippen LogP contribution in [0, 0.1) is 0 Å². The molecule has 0 aromatic heterocycles.